The molecule has 0 aliphatic carbocycles. The molecule has 0 amide bonds. The highest BCUT2D eigenvalue weighted by atomic mass is 19.4. The number of hydrogen-bond donors (Lipinski definition) is 3. The fourth-order valence-electron chi connectivity index (χ4n) is 1.37. The van der Waals surface area contributed by atoms with Gasteiger partial charge in [-0.05, 0) is 12.8 Å². The van der Waals surface area contributed by atoms with Crippen LogP contribution >= 0.6 is 0 Å². The zero-order chi connectivity index (χ0) is 15.3. The third-order valence-electron chi connectivity index (χ3n) is 2.61. The van der Waals surface area contributed by atoms with Crippen molar-refractivity contribution in [2.24, 2.45) is 5.92 Å². The Morgan fingerprint density at radius 3 is 2.40 bits per heavy atom. The Kier molecular flexibility index (Phi) is 5.55. The highest BCUT2D eigenvalue weighted by Crippen LogP contribution is 2.29. The third-order valence-corrected chi connectivity index (χ3v) is 2.61. The first kappa shape index (κ1) is 16.5. The Bertz CT molecular complexity index is 437. The van der Waals surface area contributed by atoms with Crippen molar-refractivity contribution in [3.63, 3.8) is 0 Å². The summed E-state index contributed by atoms with van der Waals surface area (Å²) in [7, 11) is 0. The third kappa shape index (κ3) is 4.84. The van der Waals surface area contributed by atoms with Crippen molar-refractivity contribution in [2.45, 2.75) is 33.1 Å². The lowest BCUT2D eigenvalue weighted by Gasteiger charge is -2.16. The summed E-state index contributed by atoms with van der Waals surface area (Å²) >= 11 is 0. The molecule has 0 saturated heterocycles. The number of nitrogens with zero attached hydrogens (tertiary/aromatic N) is 2. The van der Waals surface area contributed by atoms with Gasteiger partial charge in [0.2, 0.25) is 5.95 Å². The monoisotopic (exact) mass is 292 g/mol. The Hall–Kier alpha value is -1.57. The molecular formula is C12H19F3N4O. The molecule has 0 aliphatic heterocycles. The molecular weight excluding hydrogens is 273 g/mol. The van der Waals surface area contributed by atoms with E-state index < -0.39 is 18.0 Å². The lowest BCUT2D eigenvalue weighted by molar-refractivity contribution is -0.141. The summed E-state index contributed by atoms with van der Waals surface area (Å²) in [5, 5.41) is 15.0. The molecule has 0 saturated carbocycles. The average Bonchev–Trinajstić information content (AvgIpc) is 2.35. The Balaban J connectivity index is 2.91. The molecule has 1 atom stereocenters. The molecule has 1 aromatic rings. The van der Waals surface area contributed by atoms with Gasteiger partial charge < -0.3 is 15.7 Å². The van der Waals surface area contributed by atoms with Crippen molar-refractivity contribution in [2.75, 3.05) is 23.7 Å². The zero-order valence-corrected chi connectivity index (χ0v) is 11.6. The summed E-state index contributed by atoms with van der Waals surface area (Å²) < 4.78 is 38.2. The summed E-state index contributed by atoms with van der Waals surface area (Å²) in [4.78, 5) is 7.33. The fraction of sp³-hybridized carbons (Fsp3) is 0.667. The van der Waals surface area contributed by atoms with Gasteiger partial charge >= 0.3 is 6.18 Å². The first-order valence-electron chi connectivity index (χ1n) is 6.36. The molecule has 1 aromatic heterocycles. The Labute approximate surface area is 115 Å². The SMILES string of the molecule is CCNc1nc(NCC(O)C(C)C)cc(C(F)(F)F)n1. The van der Waals surface area contributed by atoms with Crippen molar-refractivity contribution < 1.29 is 18.3 Å². The fourth-order valence-corrected chi connectivity index (χ4v) is 1.37. The summed E-state index contributed by atoms with van der Waals surface area (Å²) in [6.07, 6.45) is -5.21. The van der Waals surface area contributed by atoms with E-state index in [1.54, 1.807) is 6.92 Å². The van der Waals surface area contributed by atoms with Crippen LogP contribution in [0.1, 0.15) is 26.5 Å². The summed E-state index contributed by atoms with van der Waals surface area (Å²) in [5.41, 5.74) is -1.02. The van der Waals surface area contributed by atoms with Gasteiger partial charge in [0.1, 0.15) is 5.82 Å². The second kappa shape index (κ2) is 6.74. The normalized spacial score (nSPS) is 13.4. The maximum Gasteiger partial charge on any atom is 0.433 e. The summed E-state index contributed by atoms with van der Waals surface area (Å²) in [5.74, 6) is -0.0634. The van der Waals surface area contributed by atoms with Gasteiger partial charge in [0, 0.05) is 19.2 Å². The van der Waals surface area contributed by atoms with E-state index in [1.165, 1.54) is 0 Å². The van der Waals surface area contributed by atoms with Gasteiger partial charge in [-0.25, -0.2) is 4.98 Å². The predicted octanol–water partition coefficient (Wildman–Crippen LogP) is 2.36. The van der Waals surface area contributed by atoms with Gasteiger partial charge in [-0.1, -0.05) is 13.8 Å². The molecule has 114 valence electrons. The molecule has 8 heteroatoms. The average molecular weight is 292 g/mol. The van der Waals surface area contributed by atoms with E-state index in [0.717, 1.165) is 6.07 Å². The molecule has 0 radical (unpaired) electrons. The molecule has 1 unspecified atom stereocenters. The van der Waals surface area contributed by atoms with Crippen LogP contribution in [0.25, 0.3) is 0 Å². The van der Waals surface area contributed by atoms with Crippen LogP contribution in [0.15, 0.2) is 6.07 Å². The number of nitrogens with one attached hydrogen (secondary N) is 2. The molecule has 0 aromatic carbocycles. The minimum Gasteiger partial charge on any atom is -0.391 e. The molecule has 1 heterocycles. The van der Waals surface area contributed by atoms with Gasteiger partial charge in [-0.3, -0.25) is 0 Å². The second-order valence-corrected chi connectivity index (χ2v) is 4.68. The van der Waals surface area contributed by atoms with E-state index in [0.29, 0.717) is 6.54 Å². The number of hydrogen-bond acceptors (Lipinski definition) is 5. The van der Waals surface area contributed by atoms with Crippen LogP contribution in [0.2, 0.25) is 0 Å². The number of aliphatic hydroxyl groups excluding tert-OH is 1. The van der Waals surface area contributed by atoms with Crippen LogP contribution in [0.4, 0.5) is 24.9 Å². The number of aromatic nitrogens is 2. The van der Waals surface area contributed by atoms with Crippen LogP contribution < -0.4 is 10.6 Å². The summed E-state index contributed by atoms with van der Waals surface area (Å²) in [6, 6.07) is 0.827. The van der Waals surface area contributed by atoms with Crippen molar-refractivity contribution in [1.82, 2.24) is 9.97 Å². The molecule has 0 aliphatic rings. The zero-order valence-electron chi connectivity index (χ0n) is 11.6. The predicted molar refractivity (Wildman–Crippen MR) is 70.5 cm³/mol. The van der Waals surface area contributed by atoms with Crippen LogP contribution in [-0.4, -0.2) is 34.3 Å². The van der Waals surface area contributed by atoms with Gasteiger partial charge in [0.25, 0.3) is 0 Å². The van der Waals surface area contributed by atoms with E-state index in [1.807, 2.05) is 13.8 Å². The van der Waals surface area contributed by atoms with Gasteiger partial charge in [-0.2, -0.15) is 18.2 Å². The van der Waals surface area contributed by atoms with Gasteiger partial charge in [0.15, 0.2) is 5.69 Å². The quantitative estimate of drug-likeness (QED) is 0.751. The molecule has 5 nitrogen and oxygen atoms in total. The Morgan fingerprint density at radius 1 is 1.25 bits per heavy atom. The number of anilines is 2. The number of rotatable bonds is 6. The van der Waals surface area contributed by atoms with E-state index in [9.17, 15) is 18.3 Å². The van der Waals surface area contributed by atoms with E-state index in [2.05, 4.69) is 20.6 Å². The number of halogens is 3. The van der Waals surface area contributed by atoms with Crippen molar-refractivity contribution in [1.29, 1.82) is 0 Å². The number of alkyl halides is 3. The van der Waals surface area contributed by atoms with Crippen LogP contribution in [-0.2, 0) is 6.18 Å². The maximum absolute atomic E-state index is 12.7. The lowest BCUT2D eigenvalue weighted by Crippen LogP contribution is -2.25. The lowest BCUT2D eigenvalue weighted by atomic mass is 10.1. The van der Waals surface area contributed by atoms with E-state index in [-0.39, 0.29) is 24.2 Å². The highest BCUT2D eigenvalue weighted by Gasteiger charge is 2.33. The molecule has 20 heavy (non-hydrogen) atoms. The highest BCUT2D eigenvalue weighted by molar-refractivity contribution is 5.43. The van der Waals surface area contributed by atoms with Gasteiger partial charge in [0.05, 0.1) is 6.10 Å². The standard InChI is InChI=1S/C12H19F3N4O/c1-4-16-11-18-9(12(13,14)15)5-10(19-11)17-6-8(20)7(2)3/h5,7-8,20H,4,6H2,1-3H3,(H2,16,17,18,19). The first-order valence-corrected chi connectivity index (χ1v) is 6.36. The van der Waals surface area contributed by atoms with Gasteiger partial charge in [-0.15, -0.1) is 0 Å². The van der Waals surface area contributed by atoms with Crippen molar-refractivity contribution in [3.05, 3.63) is 11.8 Å². The molecule has 0 fully saturated rings. The maximum atomic E-state index is 12.7. The van der Waals surface area contributed by atoms with Crippen LogP contribution in [0.5, 0.6) is 0 Å². The van der Waals surface area contributed by atoms with Crippen LogP contribution in [0, 0.1) is 5.92 Å². The number of aliphatic hydroxyl groups is 1. The topological polar surface area (TPSA) is 70.1 Å². The van der Waals surface area contributed by atoms with Crippen LogP contribution in [0.3, 0.4) is 0 Å². The largest absolute Gasteiger partial charge is 0.433 e. The second-order valence-electron chi connectivity index (χ2n) is 4.68. The summed E-state index contributed by atoms with van der Waals surface area (Å²) in [6.45, 7) is 5.90. The minimum atomic E-state index is -4.54. The van der Waals surface area contributed by atoms with Crippen molar-refractivity contribution in [3.8, 4) is 0 Å². The Morgan fingerprint density at radius 2 is 1.90 bits per heavy atom. The minimum absolute atomic E-state index is 0.000314. The van der Waals surface area contributed by atoms with E-state index >= 15 is 0 Å². The molecule has 0 bridgehead atoms. The smallest absolute Gasteiger partial charge is 0.391 e. The van der Waals surface area contributed by atoms with E-state index in [4.69, 9.17) is 0 Å². The van der Waals surface area contributed by atoms with Crippen molar-refractivity contribution >= 4 is 11.8 Å². The molecule has 3 N–H and O–H groups in total. The first-order chi connectivity index (χ1) is 9.24. The molecule has 0 spiro atoms. The molecule has 1 rings (SSSR count).